The van der Waals surface area contributed by atoms with E-state index < -0.39 is 0 Å². The van der Waals surface area contributed by atoms with E-state index in [9.17, 15) is 0 Å². The van der Waals surface area contributed by atoms with Crippen LogP contribution in [0.25, 0.3) is 0 Å². The Morgan fingerprint density at radius 3 is 0.960 bits per heavy atom. The third kappa shape index (κ3) is 36.0. The lowest BCUT2D eigenvalue weighted by molar-refractivity contribution is -0.870. The third-order valence-corrected chi connectivity index (χ3v) is 4.63. The Morgan fingerprint density at radius 2 is 0.720 bits per heavy atom. The highest BCUT2D eigenvalue weighted by atomic mass is 35.5. The van der Waals surface area contributed by atoms with Crippen molar-refractivity contribution in [3.63, 3.8) is 0 Å². The molecule has 0 N–H and O–H groups in total. The minimum Gasteiger partial charge on any atom is -0.331 e. The highest BCUT2D eigenvalue weighted by molar-refractivity contribution is 5.85. The van der Waals surface area contributed by atoms with Crippen LogP contribution in [0.3, 0.4) is 0 Å². The van der Waals surface area contributed by atoms with Gasteiger partial charge in [-0.1, -0.05) is 71.1 Å². The molecule has 0 bridgehead atoms. The fraction of sp³-hybridized carbons (Fsp3) is 1.00. The Hall–Kier alpha value is 0.210. The first-order chi connectivity index (χ1) is 11.1. The van der Waals surface area contributed by atoms with Gasteiger partial charge in [-0.2, -0.15) is 0 Å². The molecule has 0 saturated carbocycles. The van der Waals surface area contributed by atoms with Gasteiger partial charge in [0.2, 0.25) is 0 Å². The lowest BCUT2D eigenvalue weighted by atomic mass is 10.1. The van der Waals surface area contributed by atoms with Crippen LogP contribution in [0.1, 0.15) is 90.9 Å². The molecule has 156 valence electrons. The molecule has 0 heterocycles. The Kier molecular flexibility index (Phi) is 22.7. The highest BCUT2D eigenvalue weighted by Gasteiger charge is 2.04. The molecule has 0 amide bonds. The smallest absolute Gasteiger partial charge is 0.0780 e. The Morgan fingerprint density at radius 1 is 0.440 bits per heavy atom. The molecule has 2 nitrogen and oxygen atoms in total. The zero-order valence-electron chi connectivity index (χ0n) is 19.2. The second-order valence-electron chi connectivity index (χ2n) is 9.51. The summed E-state index contributed by atoms with van der Waals surface area (Å²) in [5.41, 5.74) is 0. The van der Waals surface area contributed by atoms with Crippen LogP contribution in [0.15, 0.2) is 0 Å². The molecule has 0 aliphatic rings. The number of halogens is 1. The van der Waals surface area contributed by atoms with E-state index in [0.29, 0.717) is 0 Å². The molecule has 0 aromatic heterocycles. The third-order valence-electron chi connectivity index (χ3n) is 4.63. The molecular formula is C22H53ClN2+2. The normalized spacial score (nSPS) is 11.5. The summed E-state index contributed by atoms with van der Waals surface area (Å²) in [4.78, 5) is 0. The summed E-state index contributed by atoms with van der Waals surface area (Å²) >= 11 is 0. The van der Waals surface area contributed by atoms with Crippen LogP contribution in [-0.2, 0) is 0 Å². The maximum absolute atomic E-state index is 2.29. The second kappa shape index (κ2) is 19.0. The number of quaternary nitrogens is 2. The van der Waals surface area contributed by atoms with Crippen LogP contribution in [0.2, 0.25) is 0 Å². The summed E-state index contributed by atoms with van der Waals surface area (Å²) in [7, 11) is 13.4. The van der Waals surface area contributed by atoms with Crippen molar-refractivity contribution in [3.8, 4) is 0 Å². The molecule has 0 aromatic rings. The molecule has 25 heavy (non-hydrogen) atoms. The van der Waals surface area contributed by atoms with Gasteiger partial charge in [-0.05, 0) is 19.8 Å². The second-order valence-corrected chi connectivity index (χ2v) is 9.51. The van der Waals surface area contributed by atoms with E-state index in [1.807, 2.05) is 0 Å². The zero-order chi connectivity index (χ0) is 18.9. The Bertz CT molecular complexity index is 241. The molecule has 0 aliphatic heterocycles. The van der Waals surface area contributed by atoms with Crippen molar-refractivity contribution < 1.29 is 8.97 Å². The van der Waals surface area contributed by atoms with Gasteiger partial charge >= 0.3 is 0 Å². The van der Waals surface area contributed by atoms with Gasteiger partial charge in [0, 0.05) is 0 Å². The number of unbranched alkanes of at least 4 members (excludes halogenated alkanes) is 11. The van der Waals surface area contributed by atoms with E-state index in [0.717, 1.165) is 8.97 Å². The quantitative estimate of drug-likeness (QED) is 0.237. The molecule has 0 rings (SSSR count). The summed E-state index contributed by atoms with van der Waals surface area (Å²) in [6.45, 7) is 7.01. The van der Waals surface area contributed by atoms with Gasteiger partial charge in [-0.25, -0.2) is 0 Å². The fourth-order valence-electron chi connectivity index (χ4n) is 2.43. The summed E-state index contributed by atoms with van der Waals surface area (Å²) in [5, 5.41) is 0. The number of hydrogen-bond donors (Lipinski definition) is 0. The first kappa shape index (κ1) is 30.0. The summed E-state index contributed by atoms with van der Waals surface area (Å²) in [6.07, 6.45) is 17.4. The van der Waals surface area contributed by atoms with Gasteiger partial charge < -0.3 is 8.97 Å². The molecule has 0 saturated heterocycles. The SMILES string of the molecule is CCCCCCCCCCCCCC[N+](C)(C)C.CC[N+](C)(C)C.Cl. The molecule has 0 fully saturated rings. The lowest BCUT2D eigenvalue weighted by Crippen LogP contribution is -2.35. The van der Waals surface area contributed by atoms with E-state index in [1.54, 1.807) is 0 Å². The van der Waals surface area contributed by atoms with Crippen molar-refractivity contribution in [2.75, 3.05) is 55.4 Å². The minimum atomic E-state index is 0. The molecule has 0 spiro atoms. The maximum atomic E-state index is 2.29. The zero-order valence-corrected chi connectivity index (χ0v) is 20.0. The molecule has 0 unspecified atom stereocenters. The predicted octanol–water partition coefficient (Wildman–Crippen LogP) is 6.53. The van der Waals surface area contributed by atoms with Crippen LogP contribution >= 0.6 is 12.4 Å². The minimum absolute atomic E-state index is 0. The molecule has 3 heteroatoms. The topological polar surface area (TPSA) is 0 Å². The fourth-order valence-corrected chi connectivity index (χ4v) is 2.43. The van der Waals surface area contributed by atoms with Crippen LogP contribution in [0.5, 0.6) is 0 Å². The van der Waals surface area contributed by atoms with Crippen molar-refractivity contribution in [1.29, 1.82) is 0 Å². The highest BCUT2D eigenvalue weighted by Crippen LogP contribution is 2.12. The van der Waals surface area contributed by atoms with Crippen LogP contribution < -0.4 is 0 Å². The largest absolute Gasteiger partial charge is 0.331 e. The lowest BCUT2D eigenvalue weighted by Gasteiger charge is -2.23. The van der Waals surface area contributed by atoms with E-state index in [-0.39, 0.29) is 12.4 Å². The summed E-state index contributed by atoms with van der Waals surface area (Å²) < 4.78 is 2.19. The number of rotatable bonds is 14. The summed E-state index contributed by atoms with van der Waals surface area (Å²) in [5.74, 6) is 0. The van der Waals surface area contributed by atoms with Gasteiger partial charge in [-0.3, -0.25) is 0 Å². The van der Waals surface area contributed by atoms with Gasteiger partial charge in [0.05, 0.1) is 55.4 Å². The standard InChI is InChI=1S/C17H38N.C5H14N.ClH/c1-5-6-7-8-9-10-11-12-13-14-15-16-17-18(2,3)4;1-5-6(2,3)4;/h5-17H2,1-4H3;5H2,1-4H3;1H/q2*+1;. The van der Waals surface area contributed by atoms with Crippen molar-refractivity contribution in [2.24, 2.45) is 0 Å². The van der Waals surface area contributed by atoms with Crippen molar-refractivity contribution >= 4 is 12.4 Å². The predicted molar refractivity (Wildman–Crippen MR) is 120 cm³/mol. The van der Waals surface area contributed by atoms with Gasteiger partial charge in [-0.15, -0.1) is 12.4 Å². The monoisotopic (exact) mass is 380 g/mol. The van der Waals surface area contributed by atoms with E-state index in [1.165, 1.54) is 90.1 Å². The molecule has 0 aliphatic carbocycles. The molecule has 0 aromatic carbocycles. The van der Waals surface area contributed by atoms with Crippen molar-refractivity contribution in [3.05, 3.63) is 0 Å². The van der Waals surface area contributed by atoms with Gasteiger partial charge in [0.1, 0.15) is 0 Å². The van der Waals surface area contributed by atoms with E-state index >= 15 is 0 Å². The van der Waals surface area contributed by atoms with E-state index in [2.05, 4.69) is 56.1 Å². The van der Waals surface area contributed by atoms with Gasteiger partial charge in [0.25, 0.3) is 0 Å². The number of nitrogens with zero attached hydrogens (tertiary/aromatic N) is 2. The molecular weight excluding hydrogens is 328 g/mol. The van der Waals surface area contributed by atoms with Crippen molar-refractivity contribution in [2.45, 2.75) is 90.9 Å². The molecule has 0 atom stereocenters. The van der Waals surface area contributed by atoms with Crippen molar-refractivity contribution in [1.82, 2.24) is 0 Å². The molecule has 0 radical (unpaired) electrons. The first-order valence-electron chi connectivity index (χ1n) is 10.7. The Balaban J connectivity index is -0.000000592. The van der Waals surface area contributed by atoms with E-state index in [4.69, 9.17) is 0 Å². The maximum Gasteiger partial charge on any atom is 0.0780 e. The van der Waals surface area contributed by atoms with Crippen LogP contribution in [0, 0.1) is 0 Å². The summed E-state index contributed by atoms with van der Waals surface area (Å²) in [6, 6.07) is 0. The Labute approximate surface area is 168 Å². The van der Waals surface area contributed by atoms with Crippen LogP contribution in [0.4, 0.5) is 0 Å². The van der Waals surface area contributed by atoms with Crippen LogP contribution in [-0.4, -0.2) is 64.3 Å². The van der Waals surface area contributed by atoms with Gasteiger partial charge in [0.15, 0.2) is 0 Å². The number of hydrogen-bond acceptors (Lipinski definition) is 0. The first-order valence-corrected chi connectivity index (χ1v) is 10.7. The average molecular weight is 381 g/mol. The average Bonchev–Trinajstić information content (AvgIpc) is 2.47.